The first-order valence-electron chi connectivity index (χ1n) is 8.97. The smallest absolute Gasteiger partial charge is 0.394 e. The van der Waals surface area contributed by atoms with Crippen LogP contribution < -0.4 is 10.6 Å². The number of hydrogen-bond donors (Lipinski definition) is 5. The van der Waals surface area contributed by atoms with Crippen LogP contribution in [0.5, 0.6) is 0 Å². The Balaban J connectivity index is 2.25. The zero-order valence-corrected chi connectivity index (χ0v) is 18.1. The van der Waals surface area contributed by atoms with Crippen molar-refractivity contribution in [3.8, 4) is 0 Å². The van der Waals surface area contributed by atoms with Crippen LogP contribution in [-0.4, -0.2) is 60.7 Å². The summed E-state index contributed by atoms with van der Waals surface area (Å²) in [7, 11) is -4.07. The summed E-state index contributed by atoms with van der Waals surface area (Å²) in [6.07, 6.45) is -5.23. The molecule has 2 aromatic carbocycles. The van der Waals surface area contributed by atoms with Crippen LogP contribution in [-0.2, 0) is 14.6 Å². The highest BCUT2D eigenvalue weighted by Crippen LogP contribution is 2.33. The molecule has 0 radical (unpaired) electrons. The van der Waals surface area contributed by atoms with Crippen LogP contribution in [0.15, 0.2) is 52.3 Å². The Morgan fingerprint density at radius 2 is 1.59 bits per heavy atom. The lowest BCUT2D eigenvalue weighted by Crippen LogP contribution is -2.52. The summed E-state index contributed by atoms with van der Waals surface area (Å²) >= 11 is 5.95. The average Bonchev–Trinajstić information content (AvgIpc) is 2.72. The molecule has 0 saturated heterocycles. The molecule has 0 saturated carbocycles. The van der Waals surface area contributed by atoms with E-state index in [9.17, 15) is 31.5 Å². The normalized spacial score (nSPS) is 14.2. The molecule has 0 heterocycles. The number of alkyl halides is 3. The van der Waals surface area contributed by atoms with Crippen LogP contribution in [0.1, 0.15) is 6.92 Å². The number of carbonyl (C=O) groups is 1. The van der Waals surface area contributed by atoms with Gasteiger partial charge in [0.25, 0.3) is 5.91 Å². The van der Waals surface area contributed by atoms with Crippen molar-refractivity contribution in [1.82, 2.24) is 0 Å². The SMILES string of the molecule is CC(O)(C(=O)Nc1ccc(S(=O)(=O)c2ccc(NC(CO)CO)cc2)cc1Cl)C(F)(F)F. The average molecular weight is 497 g/mol. The molecule has 13 heteroatoms. The second-order valence-electron chi connectivity index (χ2n) is 6.90. The highest BCUT2D eigenvalue weighted by Gasteiger charge is 2.55. The molecule has 0 aliphatic carbocycles. The van der Waals surface area contributed by atoms with E-state index in [0.717, 1.165) is 18.2 Å². The van der Waals surface area contributed by atoms with E-state index in [1.54, 1.807) is 0 Å². The summed E-state index contributed by atoms with van der Waals surface area (Å²) in [6.45, 7) is -0.399. The zero-order valence-electron chi connectivity index (χ0n) is 16.5. The van der Waals surface area contributed by atoms with E-state index < -0.39 is 33.6 Å². The molecule has 0 bridgehead atoms. The van der Waals surface area contributed by atoms with Crippen molar-refractivity contribution < 1.29 is 41.7 Å². The van der Waals surface area contributed by atoms with E-state index in [4.69, 9.17) is 21.8 Å². The van der Waals surface area contributed by atoms with Crippen molar-refractivity contribution in [2.75, 3.05) is 23.8 Å². The first-order chi connectivity index (χ1) is 14.7. The van der Waals surface area contributed by atoms with Gasteiger partial charge in [-0.3, -0.25) is 4.79 Å². The van der Waals surface area contributed by atoms with Crippen LogP contribution in [0.3, 0.4) is 0 Å². The van der Waals surface area contributed by atoms with Gasteiger partial charge >= 0.3 is 6.18 Å². The van der Waals surface area contributed by atoms with Crippen molar-refractivity contribution in [1.29, 1.82) is 0 Å². The summed E-state index contributed by atoms with van der Waals surface area (Å²) in [6, 6.07) is 7.75. The van der Waals surface area contributed by atoms with E-state index in [1.165, 1.54) is 24.3 Å². The van der Waals surface area contributed by atoms with Crippen molar-refractivity contribution in [2.24, 2.45) is 0 Å². The number of sulfone groups is 1. The van der Waals surface area contributed by atoms with Gasteiger partial charge in [0.2, 0.25) is 15.4 Å². The molecule has 32 heavy (non-hydrogen) atoms. The molecule has 1 atom stereocenters. The molecule has 0 spiro atoms. The minimum Gasteiger partial charge on any atom is -0.394 e. The first-order valence-corrected chi connectivity index (χ1v) is 10.8. The Labute approximate surface area is 186 Å². The molecule has 0 aliphatic heterocycles. The lowest BCUT2D eigenvalue weighted by atomic mass is 10.1. The minimum absolute atomic E-state index is 0.125. The van der Waals surface area contributed by atoms with E-state index in [1.807, 2.05) is 5.32 Å². The molecule has 2 rings (SSSR count). The van der Waals surface area contributed by atoms with E-state index in [-0.39, 0.29) is 40.6 Å². The van der Waals surface area contributed by atoms with Crippen LogP contribution in [0, 0.1) is 0 Å². The van der Waals surface area contributed by atoms with Crippen molar-refractivity contribution in [2.45, 2.75) is 34.5 Å². The van der Waals surface area contributed by atoms with Gasteiger partial charge in [0, 0.05) is 5.69 Å². The van der Waals surface area contributed by atoms with E-state index in [2.05, 4.69) is 5.32 Å². The number of benzene rings is 2. The molecule has 0 aliphatic rings. The number of aliphatic hydroxyl groups excluding tert-OH is 2. The van der Waals surface area contributed by atoms with Crippen molar-refractivity contribution in [3.05, 3.63) is 47.5 Å². The number of nitrogens with one attached hydrogen (secondary N) is 2. The van der Waals surface area contributed by atoms with Gasteiger partial charge in [0.15, 0.2) is 0 Å². The van der Waals surface area contributed by atoms with Gasteiger partial charge in [-0.05, 0) is 49.4 Å². The number of anilines is 2. The van der Waals surface area contributed by atoms with Crippen LogP contribution >= 0.6 is 11.6 Å². The van der Waals surface area contributed by atoms with Crippen LogP contribution in [0.4, 0.5) is 24.5 Å². The van der Waals surface area contributed by atoms with Gasteiger partial charge in [-0.15, -0.1) is 0 Å². The topological polar surface area (TPSA) is 136 Å². The first kappa shape index (κ1) is 25.9. The fraction of sp³-hybridized carbons (Fsp3) is 0.316. The lowest BCUT2D eigenvalue weighted by Gasteiger charge is -2.25. The number of rotatable bonds is 8. The quantitative estimate of drug-likeness (QED) is 0.378. The Morgan fingerprint density at radius 3 is 2.06 bits per heavy atom. The minimum atomic E-state index is -5.23. The molecule has 5 N–H and O–H groups in total. The Bertz CT molecular complexity index is 1070. The highest BCUT2D eigenvalue weighted by molar-refractivity contribution is 7.91. The summed E-state index contributed by atoms with van der Waals surface area (Å²) in [5, 5.41) is 31.8. The summed E-state index contributed by atoms with van der Waals surface area (Å²) < 4.78 is 64.0. The van der Waals surface area contributed by atoms with E-state index in [0.29, 0.717) is 5.69 Å². The van der Waals surface area contributed by atoms with Gasteiger partial charge in [-0.25, -0.2) is 8.42 Å². The molecule has 0 aromatic heterocycles. The third kappa shape index (κ3) is 5.51. The number of aliphatic hydroxyl groups is 3. The summed E-state index contributed by atoms with van der Waals surface area (Å²) in [5.74, 6) is -1.78. The molecular formula is C19H20ClF3N2O6S. The summed E-state index contributed by atoms with van der Waals surface area (Å²) in [4.78, 5) is 11.4. The second-order valence-corrected chi connectivity index (χ2v) is 9.26. The standard InChI is InChI=1S/C19H20ClF3N2O6S/c1-18(29,19(21,22)23)17(28)25-16-7-6-14(8-15(16)20)32(30,31)13-4-2-11(3-5-13)24-12(9-26)10-27/h2-8,12,24,26-27,29H,9-10H2,1H3,(H,25,28). The molecule has 0 fully saturated rings. The zero-order chi connectivity index (χ0) is 24.3. The van der Waals surface area contributed by atoms with Crippen molar-refractivity contribution in [3.63, 3.8) is 0 Å². The van der Waals surface area contributed by atoms with Gasteiger partial charge in [0.1, 0.15) is 0 Å². The molecule has 1 amide bonds. The Hall–Kier alpha value is -2.38. The predicted molar refractivity (Wildman–Crippen MR) is 110 cm³/mol. The second kappa shape index (κ2) is 9.63. The maximum absolute atomic E-state index is 12.8. The molecule has 2 aromatic rings. The maximum Gasteiger partial charge on any atom is 0.426 e. The molecule has 176 valence electrons. The predicted octanol–water partition coefficient (Wildman–Crippen LogP) is 2.19. The van der Waals surface area contributed by atoms with Crippen molar-refractivity contribution >= 4 is 38.7 Å². The third-order valence-corrected chi connectivity index (χ3v) is 6.55. The Morgan fingerprint density at radius 1 is 1.06 bits per heavy atom. The van der Waals surface area contributed by atoms with Crippen LogP contribution in [0.2, 0.25) is 5.02 Å². The largest absolute Gasteiger partial charge is 0.426 e. The number of halogens is 4. The lowest BCUT2D eigenvalue weighted by molar-refractivity contribution is -0.242. The van der Waals surface area contributed by atoms with E-state index >= 15 is 0 Å². The third-order valence-electron chi connectivity index (χ3n) is 4.47. The monoisotopic (exact) mass is 496 g/mol. The molecule has 8 nitrogen and oxygen atoms in total. The highest BCUT2D eigenvalue weighted by atomic mass is 35.5. The van der Waals surface area contributed by atoms with Gasteiger partial charge < -0.3 is 26.0 Å². The van der Waals surface area contributed by atoms with Gasteiger partial charge in [0.05, 0.1) is 39.8 Å². The molecule has 1 unspecified atom stereocenters. The number of hydrogen-bond acceptors (Lipinski definition) is 7. The molecular weight excluding hydrogens is 477 g/mol. The maximum atomic E-state index is 12.8. The fourth-order valence-corrected chi connectivity index (χ4v) is 3.97. The van der Waals surface area contributed by atoms with Gasteiger partial charge in [-0.2, -0.15) is 13.2 Å². The van der Waals surface area contributed by atoms with Crippen LogP contribution in [0.25, 0.3) is 0 Å². The number of amides is 1. The van der Waals surface area contributed by atoms with Gasteiger partial charge in [-0.1, -0.05) is 11.6 Å². The fourth-order valence-electron chi connectivity index (χ4n) is 2.39. The Kier molecular flexibility index (Phi) is 7.79. The summed E-state index contributed by atoms with van der Waals surface area (Å²) in [5.41, 5.74) is -3.55. The number of carbonyl (C=O) groups excluding carboxylic acids is 1.